The van der Waals surface area contributed by atoms with E-state index in [1.165, 1.54) is 25.3 Å². The average Bonchev–Trinajstić information content (AvgIpc) is 2.76. The molecule has 0 saturated carbocycles. The van der Waals surface area contributed by atoms with E-state index in [1.807, 2.05) is 18.3 Å². The van der Waals surface area contributed by atoms with Gasteiger partial charge in [0, 0.05) is 29.3 Å². The van der Waals surface area contributed by atoms with Gasteiger partial charge >= 0.3 is 0 Å². The number of sulfonamides is 1. The molecule has 0 atom stereocenters. The number of nitrogens with zero attached hydrogens (tertiary/aromatic N) is 1. The maximum absolute atomic E-state index is 12.8. The molecular formula is C22H31N4O5S+. The second-order valence-electron chi connectivity index (χ2n) is 8.59. The van der Waals surface area contributed by atoms with E-state index >= 15 is 0 Å². The van der Waals surface area contributed by atoms with Crippen LogP contribution in [0.5, 0.6) is 5.75 Å². The minimum Gasteiger partial charge on any atom is -0.495 e. The van der Waals surface area contributed by atoms with Crippen molar-refractivity contribution in [1.29, 1.82) is 0 Å². The molecule has 1 aromatic heterocycles. The summed E-state index contributed by atoms with van der Waals surface area (Å²) in [5.74, 6) is 0.795. The summed E-state index contributed by atoms with van der Waals surface area (Å²) in [5, 5.41) is 2.83. The van der Waals surface area contributed by atoms with Crippen molar-refractivity contribution in [2.24, 2.45) is 0 Å². The molecule has 1 aliphatic rings. The number of methoxy groups -OCH3 is 1. The number of H-pyrrole nitrogens is 1. The van der Waals surface area contributed by atoms with Crippen LogP contribution in [0.25, 0.3) is 0 Å². The number of amides is 1. The second-order valence-corrected chi connectivity index (χ2v) is 10.2. The molecule has 3 N–H and O–H groups in total. The van der Waals surface area contributed by atoms with Gasteiger partial charge in [0.25, 0.3) is 11.7 Å². The zero-order valence-electron chi connectivity index (χ0n) is 18.9. The van der Waals surface area contributed by atoms with Crippen molar-refractivity contribution in [3.05, 3.63) is 47.7 Å². The molecule has 1 amide bonds. The van der Waals surface area contributed by atoms with E-state index in [-0.39, 0.29) is 22.1 Å². The highest BCUT2D eigenvalue weighted by Crippen LogP contribution is 2.26. The van der Waals surface area contributed by atoms with E-state index in [2.05, 4.69) is 19.9 Å². The Morgan fingerprint density at radius 1 is 1.19 bits per heavy atom. The Bertz CT molecular complexity index is 1040. The normalized spacial score (nSPS) is 14.8. The number of aromatic amines is 1. The van der Waals surface area contributed by atoms with Gasteiger partial charge in [-0.2, -0.15) is 0 Å². The van der Waals surface area contributed by atoms with Gasteiger partial charge in [-0.1, -0.05) is 0 Å². The molecule has 0 radical (unpaired) electrons. The van der Waals surface area contributed by atoms with Gasteiger partial charge in [0.05, 0.1) is 26.5 Å². The number of carbonyl (C=O) groups excluding carboxylic acids is 1. The number of ether oxygens (including phenoxy) is 2. The molecular weight excluding hydrogens is 432 g/mol. The van der Waals surface area contributed by atoms with Crippen molar-refractivity contribution in [3.8, 4) is 5.75 Å². The number of anilines is 1. The van der Waals surface area contributed by atoms with Crippen LogP contribution in [-0.4, -0.2) is 53.3 Å². The average molecular weight is 464 g/mol. The lowest BCUT2D eigenvalue weighted by molar-refractivity contribution is -0.365. The van der Waals surface area contributed by atoms with E-state index in [0.717, 1.165) is 24.5 Å². The molecule has 1 saturated heterocycles. The zero-order chi connectivity index (χ0) is 23.4. The van der Waals surface area contributed by atoms with E-state index < -0.39 is 15.6 Å². The molecule has 1 fully saturated rings. The van der Waals surface area contributed by atoms with Gasteiger partial charge in [-0.15, -0.1) is 0 Å². The number of carbonyl (C=O) groups is 1. The molecule has 0 spiro atoms. The molecule has 10 heteroatoms. The Morgan fingerprint density at radius 2 is 1.91 bits per heavy atom. The standard InChI is InChI=1S/C22H30N4O5S/c1-22(2,3)25-32(28,29)19-13-17(6-7-18(19)30-4)21(27)24-15-16-5-8-20(23-14-16)26-9-11-31-12-10-26/h5-8,13-14,25H,9-12,15H2,1-4H3,(H,24,27)/p+1. The molecule has 32 heavy (non-hydrogen) atoms. The summed E-state index contributed by atoms with van der Waals surface area (Å²) in [6.07, 6.45) is 1.85. The number of hydrogen-bond acceptors (Lipinski definition) is 6. The quantitative estimate of drug-likeness (QED) is 0.641. The van der Waals surface area contributed by atoms with E-state index in [9.17, 15) is 13.2 Å². The van der Waals surface area contributed by atoms with Gasteiger partial charge in [-0.3, -0.25) is 9.69 Å². The third-order valence-electron chi connectivity index (χ3n) is 4.82. The highest BCUT2D eigenvalue weighted by Gasteiger charge is 2.26. The molecule has 3 rings (SSSR count). The summed E-state index contributed by atoms with van der Waals surface area (Å²) in [6, 6.07) is 8.27. The maximum atomic E-state index is 12.8. The fraction of sp³-hybridized carbons (Fsp3) is 0.455. The first kappa shape index (κ1) is 24.0. The van der Waals surface area contributed by atoms with Crippen LogP contribution in [0.1, 0.15) is 36.7 Å². The van der Waals surface area contributed by atoms with E-state index in [4.69, 9.17) is 9.47 Å². The zero-order valence-corrected chi connectivity index (χ0v) is 19.7. The van der Waals surface area contributed by atoms with Crippen LogP contribution in [0.3, 0.4) is 0 Å². The summed E-state index contributed by atoms with van der Waals surface area (Å²) in [4.78, 5) is 18.1. The first-order valence-corrected chi connectivity index (χ1v) is 11.9. The lowest BCUT2D eigenvalue weighted by Gasteiger charge is -2.21. The van der Waals surface area contributed by atoms with Gasteiger partial charge < -0.3 is 14.8 Å². The summed E-state index contributed by atoms with van der Waals surface area (Å²) in [6.45, 7) is 8.61. The highest BCUT2D eigenvalue weighted by molar-refractivity contribution is 7.89. The molecule has 1 aliphatic heterocycles. The minimum atomic E-state index is -3.87. The fourth-order valence-corrected chi connectivity index (χ4v) is 4.94. The Kier molecular flexibility index (Phi) is 7.37. The largest absolute Gasteiger partial charge is 0.495 e. The predicted molar refractivity (Wildman–Crippen MR) is 120 cm³/mol. The molecule has 0 bridgehead atoms. The van der Waals surface area contributed by atoms with Gasteiger partial charge in [0.1, 0.15) is 23.7 Å². The van der Waals surface area contributed by atoms with Crippen LogP contribution >= 0.6 is 0 Å². The predicted octanol–water partition coefficient (Wildman–Crippen LogP) is 1.35. The van der Waals surface area contributed by atoms with Gasteiger partial charge in [0.15, 0.2) is 0 Å². The Balaban J connectivity index is 1.70. The SMILES string of the molecule is COc1ccc(C(=O)NCc2ccc(N3CCOCC3)[nH+]c2)cc1S(=O)(=O)NC(C)(C)C. The maximum Gasteiger partial charge on any atom is 0.274 e. The van der Waals surface area contributed by atoms with E-state index in [0.29, 0.717) is 19.8 Å². The van der Waals surface area contributed by atoms with Crippen LogP contribution in [-0.2, 0) is 21.3 Å². The lowest BCUT2D eigenvalue weighted by Crippen LogP contribution is -2.40. The first-order chi connectivity index (χ1) is 15.1. The smallest absolute Gasteiger partial charge is 0.274 e. The van der Waals surface area contributed by atoms with Crippen LogP contribution < -0.4 is 24.7 Å². The van der Waals surface area contributed by atoms with E-state index in [1.54, 1.807) is 20.8 Å². The minimum absolute atomic E-state index is 0.0780. The number of morpholine rings is 1. The Hall–Kier alpha value is -2.69. The number of nitrogens with one attached hydrogen (secondary N) is 3. The third-order valence-corrected chi connectivity index (χ3v) is 6.60. The molecule has 0 aliphatic carbocycles. The summed E-state index contributed by atoms with van der Waals surface area (Å²) in [5.41, 5.74) is 0.450. The molecule has 9 nitrogen and oxygen atoms in total. The van der Waals surface area contributed by atoms with Gasteiger partial charge in [0.2, 0.25) is 10.0 Å². The number of rotatable bonds is 7. The number of benzene rings is 1. The van der Waals surface area contributed by atoms with Gasteiger partial charge in [-0.25, -0.2) is 18.1 Å². The van der Waals surface area contributed by atoms with Crippen LogP contribution in [0.15, 0.2) is 41.4 Å². The highest BCUT2D eigenvalue weighted by atomic mass is 32.2. The summed E-state index contributed by atoms with van der Waals surface area (Å²) < 4.78 is 38.8. The van der Waals surface area contributed by atoms with Gasteiger partial charge in [-0.05, 0) is 45.0 Å². The topological polar surface area (TPSA) is 111 Å². The van der Waals surface area contributed by atoms with Crippen molar-refractivity contribution in [3.63, 3.8) is 0 Å². The molecule has 2 heterocycles. The molecule has 1 aromatic carbocycles. The Morgan fingerprint density at radius 3 is 2.50 bits per heavy atom. The number of pyridine rings is 1. The van der Waals surface area contributed by atoms with Crippen molar-refractivity contribution in [2.45, 2.75) is 37.8 Å². The fourth-order valence-electron chi connectivity index (χ4n) is 3.33. The summed E-state index contributed by atoms with van der Waals surface area (Å²) >= 11 is 0. The molecule has 0 unspecified atom stereocenters. The van der Waals surface area contributed by atoms with Crippen molar-refractivity contribution < 1.29 is 27.7 Å². The number of hydrogen-bond donors (Lipinski definition) is 2. The third kappa shape index (κ3) is 6.18. The first-order valence-electron chi connectivity index (χ1n) is 10.4. The number of aromatic nitrogens is 1. The second kappa shape index (κ2) is 9.85. The van der Waals surface area contributed by atoms with Crippen LogP contribution in [0.2, 0.25) is 0 Å². The Labute approximate surface area is 189 Å². The van der Waals surface area contributed by atoms with Crippen molar-refractivity contribution in [1.82, 2.24) is 10.0 Å². The van der Waals surface area contributed by atoms with Crippen molar-refractivity contribution >= 4 is 21.7 Å². The molecule has 2 aromatic rings. The summed E-state index contributed by atoms with van der Waals surface area (Å²) in [7, 11) is -2.48. The monoisotopic (exact) mass is 463 g/mol. The van der Waals surface area contributed by atoms with Crippen LogP contribution in [0, 0.1) is 0 Å². The van der Waals surface area contributed by atoms with Crippen LogP contribution in [0.4, 0.5) is 5.82 Å². The molecule has 174 valence electrons. The lowest BCUT2D eigenvalue weighted by atomic mass is 10.1. The van der Waals surface area contributed by atoms with Crippen molar-refractivity contribution in [2.75, 3.05) is 38.3 Å².